The number of aromatic nitrogens is 1. The quantitative estimate of drug-likeness (QED) is 0.928. The van der Waals surface area contributed by atoms with Crippen LogP contribution >= 0.6 is 27.3 Å². The van der Waals surface area contributed by atoms with Crippen molar-refractivity contribution in [3.8, 4) is 11.5 Å². The van der Waals surface area contributed by atoms with Crippen LogP contribution in [0.5, 0.6) is 0 Å². The van der Waals surface area contributed by atoms with Gasteiger partial charge in [0.2, 0.25) is 0 Å². The molecule has 0 unspecified atom stereocenters. The Morgan fingerprint density at radius 3 is 3.07 bits per heavy atom. The predicted molar refractivity (Wildman–Crippen MR) is 61.7 cm³/mol. The molecule has 3 nitrogen and oxygen atoms in total. The van der Waals surface area contributed by atoms with E-state index in [1.54, 1.807) is 11.3 Å². The van der Waals surface area contributed by atoms with Crippen LogP contribution in [-0.4, -0.2) is 11.5 Å². The van der Waals surface area contributed by atoms with Crippen LogP contribution in [0, 0.1) is 0 Å². The fourth-order valence-electron chi connectivity index (χ4n) is 1.07. The Balaban J connectivity index is 2.24. The molecule has 0 saturated carbocycles. The maximum absolute atomic E-state index is 5.39. The summed E-state index contributed by atoms with van der Waals surface area (Å²) in [6.45, 7) is 2.93. The van der Waals surface area contributed by atoms with E-state index < -0.39 is 0 Å². The summed E-state index contributed by atoms with van der Waals surface area (Å²) >= 11 is 4.84. The van der Waals surface area contributed by atoms with E-state index in [1.807, 2.05) is 24.4 Å². The van der Waals surface area contributed by atoms with Gasteiger partial charge in [-0.2, -0.15) is 0 Å². The fourth-order valence-corrected chi connectivity index (χ4v) is 2.15. The van der Waals surface area contributed by atoms with Gasteiger partial charge >= 0.3 is 0 Å². The number of hydrogen-bond donors (Lipinski definition) is 1. The SMILES string of the molecule is CCNc1nc(-c2ccc(Br)o2)cs1. The van der Waals surface area contributed by atoms with E-state index in [-0.39, 0.29) is 0 Å². The summed E-state index contributed by atoms with van der Waals surface area (Å²) in [6, 6.07) is 3.76. The third-order valence-corrected chi connectivity index (χ3v) is 2.88. The summed E-state index contributed by atoms with van der Waals surface area (Å²) in [7, 11) is 0. The normalized spacial score (nSPS) is 10.4. The molecule has 2 aromatic heterocycles. The predicted octanol–water partition coefficient (Wildman–Crippen LogP) is 3.60. The molecule has 0 amide bonds. The molecule has 0 bridgehead atoms. The molecule has 0 aliphatic heterocycles. The van der Waals surface area contributed by atoms with E-state index in [2.05, 4.69) is 26.2 Å². The van der Waals surface area contributed by atoms with Gasteiger partial charge in [0.15, 0.2) is 15.6 Å². The maximum Gasteiger partial charge on any atom is 0.183 e. The maximum atomic E-state index is 5.39. The third-order valence-electron chi connectivity index (χ3n) is 1.66. The summed E-state index contributed by atoms with van der Waals surface area (Å²) in [4.78, 5) is 4.38. The highest BCUT2D eigenvalue weighted by Crippen LogP contribution is 2.27. The largest absolute Gasteiger partial charge is 0.448 e. The first-order chi connectivity index (χ1) is 6.79. The van der Waals surface area contributed by atoms with E-state index in [1.165, 1.54) is 0 Å². The zero-order valence-electron chi connectivity index (χ0n) is 7.58. The lowest BCUT2D eigenvalue weighted by Gasteiger charge is -1.93. The lowest BCUT2D eigenvalue weighted by Crippen LogP contribution is -1.94. The first-order valence-electron chi connectivity index (χ1n) is 4.24. The zero-order chi connectivity index (χ0) is 9.97. The lowest BCUT2D eigenvalue weighted by molar-refractivity contribution is 0.554. The van der Waals surface area contributed by atoms with Gasteiger partial charge in [-0.3, -0.25) is 0 Å². The van der Waals surface area contributed by atoms with Crippen LogP contribution in [0.1, 0.15) is 6.92 Å². The van der Waals surface area contributed by atoms with Gasteiger partial charge < -0.3 is 9.73 Å². The van der Waals surface area contributed by atoms with Crippen molar-refractivity contribution in [3.05, 3.63) is 22.2 Å². The number of nitrogens with one attached hydrogen (secondary N) is 1. The van der Waals surface area contributed by atoms with Crippen molar-refractivity contribution in [2.24, 2.45) is 0 Å². The molecule has 0 aliphatic rings. The molecular formula is C9H9BrN2OS. The molecule has 2 rings (SSSR count). The minimum atomic E-state index is 0.727. The molecule has 0 saturated heterocycles. The Morgan fingerprint density at radius 2 is 2.43 bits per heavy atom. The van der Waals surface area contributed by atoms with Gasteiger partial charge in [-0.05, 0) is 35.0 Å². The van der Waals surface area contributed by atoms with Crippen molar-refractivity contribution in [2.75, 3.05) is 11.9 Å². The van der Waals surface area contributed by atoms with Crippen molar-refractivity contribution in [1.82, 2.24) is 4.98 Å². The summed E-state index contributed by atoms with van der Waals surface area (Å²) < 4.78 is 6.12. The van der Waals surface area contributed by atoms with Gasteiger partial charge in [-0.25, -0.2) is 4.98 Å². The Hall–Kier alpha value is -0.810. The summed E-state index contributed by atoms with van der Waals surface area (Å²) in [5, 5.41) is 6.06. The van der Waals surface area contributed by atoms with Crippen LogP contribution in [0.2, 0.25) is 0 Å². The van der Waals surface area contributed by atoms with Crippen molar-refractivity contribution in [3.63, 3.8) is 0 Å². The smallest absolute Gasteiger partial charge is 0.183 e. The number of anilines is 1. The molecule has 2 heterocycles. The molecule has 0 atom stereocenters. The first-order valence-corrected chi connectivity index (χ1v) is 5.92. The average molecular weight is 273 g/mol. The van der Waals surface area contributed by atoms with Crippen LogP contribution in [0.15, 0.2) is 26.6 Å². The topological polar surface area (TPSA) is 38.1 Å². The minimum absolute atomic E-state index is 0.727. The van der Waals surface area contributed by atoms with Gasteiger partial charge in [-0.1, -0.05) is 0 Å². The highest BCUT2D eigenvalue weighted by atomic mass is 79.9. The molecule has 0 spiro atoms. The van der Waals surface area contributed by atoms with E-state index in [0.717, 1.165) is 27.8 Å². The van der Waals surface area contributed by atoms with Gasteiger partial charge in [0.1, 0.15) is 5.69 Å². The monoisotopic (exact) mass is 272 g/mol. The van der Waals surface area contributed by atoms with Gasteiger partial charge in [0.05, 0.1) is 0 Å². The molecule has 0 aromatic carbocycles. The second-order valence-electron chi connectivity index (χ2n) is 2.67. The third kappa shape index (κ3) is 1.99. The van der Waals surface area contributed by atoms with Crippen molar-refractivity contribution in [1.29, 1.82) is 0 Å². The number of thiazole rings is 1. The number of rotatable bonds is 3. The fraction of sp³-hybridized carbons (Fsp3) is 0.222. The molecule has 1 N–H and O–H groups in total. The number of nitrogens with zero attached hydrogens (tertiary/aromatic N) is 1. The second kappa shape index (κ2) is 4.14. The molecule has 74 valence electrons. The molecular weight excluding hydrogens is 264 g/mol. The standard InChI is InChI=1S/C9H9BrN2OS/c1-2-11-9-12-6(5-14-9)7-3-4-8(10)13-7/h3-5H,2H2,1H3,(H,11,12). The van der Waals surface area contributed by atoms with Crippen molar-refractivity contribution >= 4 is 32.4 Å². The van der Waals surface area contributed by atoms with Gasteiger partial charge in [-0.15, -0.1) is 11.3 Å². The molecule has 0 aliphatic carbocycles. The lowest BCUT2D eigenvalue weighted by atomic mass is 10.4. The van der Waals surface area contributed by atoms with E-state index in [0.29, 0.717) is 0 Å². The number of hydrogen-bond acceptors (Lipinski definition) is 4. The Morgan fingerprint density at radius 1 is 1.57 bits per heavy atom. The second-order valence-corrected chi connectivity index (χ2v) is 4.31. The molecule has 2 aromatic rings. The number of halogens is 1. The summed E-state index contributed by atoms with van der Waals surface area (Å²) in [5.74, 6) is 0.789. The highest BCUT2D eigenvalue weighted by Gasteiger charge is 2.07. The van der Waals surface area contributed by atoms with E-state index in [4.69, 9.17) is 4.42 Å². The molecule has 0 fully saturated rings. The van der Waals surface area contributed by atoms with Crippen LogP contribution in [0.25, 0.3) is 11.5 Å². The Bertz CT molecular complexity index is 424. The summed E-state index contributed by atoms with van der Waals surface area (Å²) in [5.41, 5.74) is 0.872. The van der Waals surface area contributed by atoms with Crippen molar-refractivity contribution in [2.45, 2.75) is 6.92 Å². The highest BCUT2D eigenvalue weighted by molar-refractivity contribution is 9.10. The zero-order valence-corrected chi connectivity index (χ0v) is 9.98. The van der Waals surface area contributed by atoms with Gasteiger partial charge in [0, 0.05) is 11.9 Å². The first kappa shape index (κ1) is 9.73. The van der Waals surface area contributed by atoms with E-state index >= 15 is 0 Å². The van der Waals surface area contributed by atoms with Crippen LogP contribution in [0.4, 0.5) is 5.13 Å². The molecule has 14 heavy (non-hydrogen) atoms. The Labute approximate surface area is 94.3 Å². The van der Waals surface area contributed by atoms with E-state index in [9.17, 15) is 0 Å². The number of furan rings is 1. The van der Waals surface area contributed by atoms with Crippen LogP contribution < -0.4 is 5.32 Å². The molecule has 0 radical (unpaired) electrons. The van der Waals surface area contributed by atoms with Crippen LogP contribution in [0.3, 0.4) is 0 Å². The Kier molecular flexibility index (Phi) is 2.88. The minimum Gasteiger partial charge on any atom is -0.448 e. The summed E-state index contributed by atoms with van der Waals surface area (Å²) in [6.07, 6.45) is 0. The average Bonchev–Trinajstić information content (AvgIpc) is 2.74. The molecule has 5 heteroatoms. The van der Waals surface area contributed by atoms with Gasteiger partial charge in [0.25, 0.3) is 0 Å². The van der Waals surface area contributed by atoms with Crippen molar-refractivity contribution < 1.29 is 4.42 Å². The van der Waals surface area contributed by atoms with Crippen LogP contribution in [-0.2, 0) is 0 Å².